The number of piperidine rings is 1. The Morgan fingerprint density at radius 1 is 1.05 bits per heavy atom. The second kappa shape index (κ2) is 11.1. The largest absolute Gasteiger partial charge is 0.451 e. The van der Waals surface area contributed by atoms with Crippen molar-refractivity contribution in [2.75, 3.05) is 30.3 Å². The van der Waals surface area contributed by atoms with Crippen LogP contribution in [0.4, 0.5) is 38.3 Å². The van der Waals surface area contributed by atoms with E-state index in [0.717, 1.165) is 29.6 Å². The monoisotopic (exact) mass is 549 g/mol. The fourth-order valence-electron chi connectivity index (χ4n) is 4.48. The number of aromatic nitrogens is 4. The van der Waals surface area contributed by atoms with Crippen LogP contribution in [-0.4, -0.2) is 50.5 Å². The summed E-state index contributed by atoms with van der Waals surface area (Å²) in [4.78, 5) is 30.1. The molecule has 39 heavy (non-hydrogen) atoms. The molecule has 8 nitrogen and oxygen atoms in total. The molecule has 0 atom stereocenters. The van der Waals surface area contributed by atoms with E-state index in [-0.39, 0.29) is 18.3 Å². The number of hydrogen-bond donors (Lipinski definition) is 2. The van der Waals surface area contributed by atoms with Gasteiger partial charge in [-0.25, -0.2) is 33.5 Å². The number of carbonyl (C=O) groups excluding carboxylic acids is 1. The Balaban J connectivity index is 1.45. The average molecular weight is 550 g/mol. The summed E-state index contributed by atoms with van der Waals surface area (Å²) < 4.78 is 66.9. The van der Waals surface area contributed by atoms with Crippen molar-refractivity contribution in [3.8, 4) is 0 Å². The van der Waals surface area contributed by atoms with E-state index < -0.39 is 40.8 Å². The summed E-state index contributed by atoms with van der Waals surface area (Å²) in [5.41, 5.74) is 0.539. The lowest BCUT2D eigenvalue weighted by Crippen LogP contribution is -2.41. The van der Waals surface area contributed by atoms with Crippen LogP contribution in [0.3, 0.4) is 0 Å². The van der Waals surface area contributed by atoms with Crippen LogP contribution >= 0.6 is 0 Å². The summed E-state index contributed by atoms with van der Waals surface area (Å²) in [5, 5.41) is 5.28. The Bertz CT molecular complexity index is 1320. The molecule has 0 aliphatic carbocycles. The van der Waals surface area contributed by atoms with Gasteiger partial charge in [-0.2, -0.15) is 13.2 Å². The van der Waals surface area contributed by atoms with Crippen molar-refractivity contribution in [2.45, 2.75) is 51.1 Å². The summed E-state index contributed by atoms with van der Waals surface area (Å²) in [6, 6.07) is 4.13. The van der Waals surface area contributed by atoms with Crippen LogP contribution in [0.1, 0.15) is 55.5 Å². The van der Waals surface area contributed by atoms with Gasteiger partial charge in [-0.05, 0) is 43.5 Å². The SMILES string of the molecule is Cc1ncc(C(C)(C)CNc2ccnc(C(F)(F)F)n2)c(C2CCN(C(=O)Nc3c(F)cccc3F)CC2)n1. The van der Waals surface area contributed by atoms with Gasteiger partial charge < -0.3 is 15.5 Å². The number of hydrogen-bond acceptors (Lipinski definition) is 6. The molecule has 0 bridgehead atoms. The first-order valence-corrected chi connectivity index (χ1v) is 12.3. The lowest BCUT2D eigenvalue weighted by Gasteiger charge is -2.35. The van der Waals surface area contributed by atoms with Crippen molar-refractivity contribution in [3.63, 3.8) is 0 Å². The van der Waals surface area contributed by atoms with E-state index in [1.54, 1.807) is 13.1 Å². The highest BCUT2D eigenvalue weighted by molar-refractivity contribution is 5.89. The Labute approximate surface area is 222 Å². The molecule has 1 fully saturated rings. The van der Waals surface area contributed by atoms with E-state index in [4.69, 9.17) is 4.98 Å². The van der Waals surface area contributed by atoms with E-state index in [9.17, 15) is 26.7 Å². The number of nitrogens with one attached hydrogen (secondary N) is 2. The Morgan fingerprint density at radius 2 is 1.72 bits per heavy atom. The minimum atomic E-state index is -4.65. The Hall–Kier alpha value is -3.90. The standard InChI is InChI=1S/C26H28F5N7O/c1-15-33-13-17(25(2,3)14-34-20-7-10-32-23(36-20)26(29,30)31)21(35-15)16-8-11-38(12-9-16)24(39)37-22-18(27)5-4-6-19(22)28/h4-7,10,13,16H,8-9,11-12,14H2,1-3H3,(H,37,39)(H,32,34,36). The molecule has 1 aliphatic rings. The smallest absolute Gasteiger partial charge is 0.369 e. The number of urea groups is 1. The maximum absolute atomic E-state index is 13.9. The quantitative estimate of drug-likeness (QED) is 0.385. The number of halogens is 5. The molecular weight excluding hydrogens is 521 g/mol. The van der Waals surface area contributed by atoms with Crippen LogP contribution in [0.5, 0.6) is 0 Å². The first-order chi connectivity index (χ1) is 18.3. The molecular formula is C26H28F5N7O. The van der Waals surface area contributed by atoms with Gasteiger partial charge in [0.1, 0.15) is 29.0 Å². The number of para-hydroxylation sites is 1. The fourth-order valence-corrected chi connectivity index (χ4v) is 4.48. The third-order valence-electron chi connectivity index (χ3n) is 6.65. The molecule has 1 saturated heterocycles. The van der Waals surface area contributed by atoms with E-state index in [2.05, 4.69) is 25.6 Å². The summed E-state index contributed by atoms with van der Waals surface area (Å²) in [7, 11) is 0. The number of anilines is 2. The lowest BCUT2D eigenvalue weighted by molar-refractivity contribution is -0.144. The molecule has 0 saturated carbocycles. The highest BCUT2D eigenvalue weighted by Gasteiger charge is 2.35. The predicted molar refractivity (Wildman–Crippen MR) is 134 cm³/mol. The van der Waals surface area contributed by atoms with Gasteiger partial charge in [0.05, 0.1) is 5.69 Å². The minimum Gasteiger partial charge on any atom is -0.369 e. The minimum absolute atomic E-state index is 0.0221. The van der Waals surface area contributed by atoms with Gasteiger partial charge >= 0.3 is 12.2 Å². The van der Waals surface area contributed by atoms with Crippen LogP contribution in [0, 0.1) is 18.6 Å². The zero-order valence-corrected chi connectivity index (χ0v) is 21.6. The summed E-state index contributed by atoms with van der Waals surface area (Å²) in [6.07, 6.45) is -0.765. The number of alkyl halides is 3. The highest BCUT2D eigenvalue weighted by Crippen LogP contribution is 2.35. The third kappa shape index (κ3) is 6.58. The first kappa shape index (κ1) is 28.1. The third-order valence-corrected chi connectivity index (χ3v) is 6.65. The maximum Gasteiger partial charge on any atom is 0.451 e. The number of aryl methyl sites for hydroxylation is 1. The highest BCUT2D eigenvalue weighted by atomic mass is 19.4. The Morgan fingerprint density at radius 3 is 2.36 bits per heavy atom. The van der Waals surface area contributed by atoms with Crippen molar-refractivity contribution >= 4 is 17.5 Å². The molecule has 0 spiro atoms. The second-order valence-electron chi connectivity index (χ2n) is 10.0. The van der Waals surface area contributed by atoms with E-state index in [1.807, 2.05) is 13.8 Å². The van der Waals surface area contributed by atoms with Gasteiger partial charge in [-0.15, -0.1) is 0 Å². The molecule has 1 aliphatic heterocycles. The second-order valence-corrected chi connectivity index (χ2v) is 10.0. The maximum atomic E-state index is 13.9. The number of carbonyl (C=O) groups is 1. The van der Waals surface area contributed by atoms with Crippen molar-refractivity contribution in [3.05, 3.63) is 71.2 Å². The Kier molecular flexibility index (Phi) is 7.98. The average Bonchev–Trinajstić information content (AvgIpc) is 2.89. The molecule has 4 rings (SSSR count). The summed E-state index contributed by atoms with van der Waals surface area (Å²) in [5.74, 6) is -2.34. The van der Waals surface area contributed by atoms with Gasteiger partial charge in [0.15, 0.2) is 0 Å². The van der Waals surface area contributed by atoms with Crippen molar-refractivity contribution < 1.29 is 26.7 Å². The van der Waals surface area contributed by atoms with Crippen molar-refractivity contribution in [2.24, 2.45) is 0 Å². The molecule has 208 valence electrons. The molecule has 3 aromatic rings. The van der Waals surface area contributed by atoms with Crippen molar-refractivity contribution in [1.29, 1.82) is 0 Å². The van der Waals surface area contributed by atoms with Crippen LogP contribution in [0.2, 0.25) is 0 Å². The molecule has 2 N–H and O–H groups in total. The van der Waals surface area contributed by atoms with Gasteiger partial charge in [-0.1, -0.05) is 19.9 Å². The van der Waals surface area contributed by atoms with Crippen LogP contribution in [-0.2, 0) is 11.6 Å². The molecule has 0 unspecified atom stereocenters. The molecule has 0 radical (unpaired) electrons. The first-order valence-electron chi connectivity index (χ1n) is 12.3. The number of nitrogens with zero attached hydrogens (tertiary/aromatic N) is 5. The number of rotatable bonds is 6. The summed E-state index contributed by atoms with van der Waals surface area (Å²) in [6.45, 7) is 6.55. The molecule has 1 aromatic carbocycles. The summed E-state index contributed by atoms with van der Waals surface area (Å²) >= 11 is 0. The predicted octanol–water partition coefficient (Wildman–Crippen LogP) is 5.67. The van der Waals surface area contributed by atoms with Crippen LogP contribution < -0.4 is 10.6 Å². The van der Waals surface area contributed by atoms with E-state index in [0.29, 0.717) is 31.8 Å². The van der Waals surface area contributed by atoms with Gasteiger partial charge in [0.25, 0.3) is 0 Å². The molecule has 3 heterocycles. The van der Waals surface area contributed by atoms with Crippen LogP contribution in [0.15, 0.2) is 36.7 Å². The van der Waals surface area contributed by atoms with Gasteiger partial charge in [0.2, 0.25) is 5.82 Å². The lowest BCUT2D eigenvalue weighted by atomic mass is 9.79. The van der Waals surface area contributed by atoms with Crippen LogP contribution in [0.25, 0.3) is 0 Å². The van der Waals surface area contributed by atoms with Crippen molar-refractivity contribution in [1.82, 2.24) is 24.8 Å². The van der Waals surface area contributed by atoms with E-state index in [1.165, 1.54) is 17.0 Å². The molecule has 2 amide bonds. The van der Waals surface area contributed by atoms with Gasteiger partial charge in [0, 0.05) is 43.4 Å². The zero-order valence-electron chi connectivity index (χ0n) is 21.6. The van der Waals surface area contributed by atoms with Gasteiger partial charge in [-0.3, -0.25) is 0 Å². The normalized spacial score (nSPS) is 14.8. The zero-order chi connectivity index (χ0) is 28.4. The number of benzene rings is 1. The number of amides is 2. The van der Waals surface area contributed by atoms with E-state index >= 15 is 0 Å². The molecule has 2 aromatic heterocycles. The molecule has 13 heteroatoms. The number of likely N-dealkylation sites (tertiary alicyclic amines) is 1. The topological polar surface area (TPSA) is 95.9 Å². The fraction of sp³-hybridized carbons (Fsp3) is 0.423.